The van der Waals surface area contributed by atoms with Crippen molar-refractivity contribution in [3.63, 3.8) is 0 Å². The van der Waals surface area contributed by atoms with E-state index in [1.165, 1.54) is 11.5 Å². The van der Waals surface area contributed by atoms with Crippen molar-refractivity contribution in [2.24, 2.45) is 0 Å². The Kier molecular flexibility index (Phi) is 5.81. The van der Waals surface area contributed by atoms with Crippen LogP contribution in [0.15, 0.2) is 84.9 Å². The van der Waals surface area contributed by atoms with E-state index in [1.807, 2.05) is 77.7 Å². The zero-order chi connectivity index (χ0) is 21.8. The fourth-order valence-electron chi connectivity index (χ4n) is 3.73. The summed E-state index contributed by atoms with van der Waals surface area (Å²) in [6.45, 7) is 2.77. The standard InChI is InChI=1S/C25H23N5OS/c31-24(26-22-13-11-20(12-14-22)19-7-3-1-4-8-19)29-15-17-30(18-16-29)25-27-23(28-32-25)21-9-5-2-6-10-21/h1-14H,15-18H2,(H,26,31). The van der Waals surface area contributed by atoms with Crippen LogP contribution in [0.25, 0.3) is 22.5 Å². The molecule has 32 heavy (non-hydrogen) atoms. The number of benzene rings is 3. The van der Waals surface area contributed by atoms with Gasteiger partial charge in [0.05, 0.1) is 0 Å². The predicted molar refractivity (Wildman–Crippen MR) is 130 cm³/mol. The molecule has 3 aromatic carbocycles. The van der Waals surface area contributed by atoms with Crippen LogP contribution in [0.2, 0.25) is 0 Å². The van der Waals surface area contributed by atoms with Crippen LogP contribution in [-0.4, -0.2) is 46.5 Å². The SMILES string of the molecule is O=C(Nc1ccc(-c2ccccc2)cc1)N1CCN(c2nc(-c3ccccc3)ns2)CC1. The molecule has 0 radical (unpaired) electrons. The summed E-state index contributed by atoms with van der Waals surface area (Å²) in [5, 5.41) is 3.92. The summed E-state index contributed by atoms with van der Waals surface area (Å²) in [6.07, 6.45) is 0. The van der Waals surface area contributed by atoms with Gasteiger partial charge in [-0.25, -0.2) is 4.79 Å². The highest BCUT2D eigenvalue weighted by Gasteiger charge is 2.23. The molecule has 1 fully saturated rings. The number of hydrogen-bond acceptors (Lipinski definition) is 5. The summed E-state index contributed by atoms with van der Waals surface area (Å²) in [6, 6.07) is 28.1. The fourth-order valence-corrected chi connectivity index (χ4v) is 4.47. The number of nitrogens with zero attached hydrogens (tertiary/aromatic N) is 4. The van der Waals surface area contributed by atoms with Crippen molar-refractivity contribution in [1.29, 1.82) is 0 Å². The van der Waals surface area contributed by atoms with Gasteiger partial charge in [0.25, 0.3) is 0 Å². The molecule has 2 heterocycles. The van der Waals surface area contributed by atoms with E-state index in [0.29, 0.717) is 13.1 Å². The van der Waals surface area contributed by atoms with Gasteiger partial charge in [-0.1, -0.05) is 72.8 Å². The van der Waals surface area contributed by atoms with E-state index in [9.17, 15) is 4.79 Å². The Balaban J connectivity index is 1.16. The maximum atomic E-state index is 12.7. The maximum Gasteiger partial charge on any atom is 0.321 e. The van der Waals surface area contributed by atoms with Crippen LogP contribution in [-0.2, 0) is 0 Å². The molecule has 0 atom stereocenters. The number of amides is 2. The summed E-state index contributed by atoms with van der Waals surface area (Å²) < 4.78 is 4.50. The van der Waals surface area contributed by atoms with Crippen LogP contribution in [0.5, 0.6) is 0 Å². The topological polar surface area (TPSA) is 61.4 Å². The van der Waals surface area contributed by atoms with Gasteiger partial charge in [-0.05, 0) is 23.3 Å². The Bertz CT molecular complexity index is 1170. The minimum absolute atomic E-state index is 0.0700. The molecule has 5 rings (SSSR count). The summed E-state index contributed by atoms with van der Waals surface area (Å²) in [5.74, 6) is 0.754. The number of piperazine rings is 1. The van der Waals surface area contributed by atoms with Gasteiger partial charge in [0, 0.05) is 49.0 Å². The van der Waals surface area contributed by atoms with E-state index in [0.717, 1.165) is 46.4 Å². The molecular weight excluding hydrogens is 418 g/mol. The molecule has 0 saturated carbocycles. The van der Waals surface area contributed by atoms with E-state index in [4.69, 9.17) is 0 Å². The van der Waals surface area contributed by atoms with Crippen molar-refractivity contribution in [2.45, 2.75) is 0 Å². The van der Waals surface area contributed by atoms with Gasteiger partial charge in [0.15, 0.2) is 5.82 Å². The van der Waals surface area contributed by atoms with Crippen LogP contribution in [0.1, 0.15) is 0 Å². The van der Waals surface area contributed by atoms with Crippen molar-refractivity contribution in [3.05, 3.63) is 84.9 Å². The van der Waals surface area contributed by atoms with Gasteiger partial charge in [0.1, 0.15) is 0 Å². The third kappa shape index (κ3) is 4.48. The second-order valence-electron chi connectivity index (χ2n) is 7.61. The van der Waals surface area contributed by atoms with Crippen molar-refractivity contribution < 1.29 is 4.79 Å². The van der Waals surface area contributed by atoms with E-state index < -0.39 is 0 Å². The van der Waals surface area contributed by atoms with Crippen LogP contribution in [0, 0.1) is 0 Å². The fraction of sp³-hybridized carbons (Fsp3) is 0.160. The first-order valence-corrected chi connectivity index (χ1v) is 11.4. The Labute approximate surface area is 191 Å². The molecule has 4 aromatic rings. The van der Waals surface area contributed by atoms with E-state index >= 15 is 0 Å². The Morgan fingerprint density at radius 3 is 2.00 bits per heavy atom. The monoisotopic (exact) mass is 441 g/mol. The molecule has 0 aliphatic carbocycles. The number of rotatable bonds is 4. The molecule has 0 unspecified atom stereocenters. The van der Waals surface area contributed by atoms with Crippen molar-refractivity contribution in [3.8, 4) is 22.5 Å². The highest BCUT2D eigenvalue weighted by molar-refractivity contribution is 7.09. The summed E-state index contributed by atoms with van der Waals surface area (Å²) in [5.41, 5.74) is 4.11. The van der Waals surface area contributed by atoms with E-state index in [2.05, 4.69) is 31.7 Å². The first kappa shape index (κ1) is 20.2. The Morgan fingerprint density at radius 1 is 0.750 bits per heavy atom. The Hall–Kier alpha value is -3.71. The number of carbonyl (C=O) groups is 1. The molecule has 1 saturated heterocycles. The van der Waals surface area contributed by atoms with Gasteiger partial charge < -0.3 is 15.1 Å². The average molecular weight is 442 g/mol. The number of carbonyl (C=O) groups excluding carboxylic acids is 1. The first-order valence-electron chi connectivity index (χ1n) is 10.6. The molecular formula is C25H23N5OS. The lowest BCUT2D eigenvalue weighted by Gasteiger charge is -2.34. The lowest BCUT2D eigenvalue weighted by molar-refractivity contribution is 0.208. The number of urea groups is 1. The molecule has 6 nitrogen and oxygen atoms in total. The minimum Gasteiger partial charge on any atom is -0.343 e. The second-order valence-corrected chi connectivity index (χ2v) is 8.34. The molecule has 0 spiro atoms. The van der Waals surface area contributed by atoms with Gasteiger partial charge in [0.2, 0.25) is 5.13 Å². The number of anilines is 2. The van der Waals surface area contributed by atoms with Crippen LogP contribution >= 0.6 is 11.5 Å². The first-order chi connectivity index (χ1) is 15.8. The van der Waals surface area contributed by atoms with E-state index in [1.54, 1.807) is 0 Å². The van der Waals surface area contributed by atoms with Crippen LogP contribution in [0.3, 0.4) is 0 Å². The molecule has 7 heteroatoms. The largest absolute Gasteiger partial charge is 0.343 e. The maximum absolute atomic E-state index is 12.7. The van der Waals surface area contributed by atoms with Crippen molar-refractivity contribution in [2.75, 3.05) is 36.4 Å². The molecule has 1 aromatic heterocycles. The van der Waals surface area contributed by atoms with Crippen molar-refractivity contribution >= 4 is 28.4 Å². The highest BCUT2D eigenvalue weighted by atomic mass is 32.1. The summed E-state index contributed by atoms with van der Waals surface area (Å²) >= 11 is 1.41. The van der Waals surface area contributed by atoms with Gasteiger partial charge in [-0.3, -0.25) is 0 Å². The third-order valence-electron chi connectivity index (χ3n) is 5.53. The number of hydrogen-bond donors (Lipinski definition) is 1. The molecule has 1 N–H and O–H groups in total. The van der Waals surface area contributed by atoms with Crippen LogP contribution in [0.4, 0.5) is 15.6 Å². The zero-order valence-corrected chi connectivity index (χ0v) is 18.3. The van der Waals surface area contributed by atoms with Gasteiger partial charge in [-0.2, -0.15) is 9.36 Å². The highest BCUT2D eigenvalue weighted by Crippen LogP contribution is 2.25. The van der Waals surface area contributed by atoms with E-state index in [-0.39, 0.29) is 6.03 Å². The number of nitrogens with one attached hydrogen (secondary N) is 1. The second kappa shape index (κ2) is 9.20. The Morgan fingerprint density at radius 2 is 1.34 bits per heavy atom. The predicted octanol–water partition coefficient (Wildman–Crippen LogP) is 5.23. The minimum atomic E-state index is -0.0700. The lowest BCUT2D eigenvalue weighted by atomic mass is 10.1. The van der Waals surface area contributed by atoms with Crippen LogP contribution < -0.4 is 10.2 Å². The smallest absolute Gasteiger partial charge is 0.321 e. The average Bonchev–Trinajstić information content (AvgIpc) is 3.36. The van der Waals surface area contributed by atoms with Crippen molar-refractivity contribution in [1.82, 2.24) is 14.3 Å². The summed E-state index contributed by atoms with van der Waals surface area (Å²) in [4.78, 5) is 21.5. The van der Waals surface area contributed by atoms with Gasteiger partial charge >= 0.3 is 6.03 Å². The summed E-state index contributed by atoms with van der Waals surface area (Å²) in [7, 11) is 0. The molecule has 2 amide bonds. The molecule has 160 valence electrons. The normalized spacial score (nSPS) is 13.8. The molecule has 1 aliphatic rings. The lowest BCUT2D eigenvalue weighted by Crippen LogP contribution is -2.50. The number of aromatic nitrogens is 2. The molecule has 0 bridgehead atoms. The quantitative estimate of drug-likeness (QED) is 0.471. The third-order valence-corrected chi connectivity index (χ3v) is 6.31. The van der Waals surface area contributed by atoms with Gasteiger partial charge in [-0.15, -0.1) is 0 Å². The zero-order valence-electron chi connectivity index (χ0n) is 17.5. The molecule has 1 aliphatic heterocycles.